The van der Waals surface area contributed by atoms with Gasteiger partial charge in [0.2, 0.25) is 0 Å². The molecule has 1 amide bonds. The summed E-state index contributed by atoms with van der Waals surface area (Å²) in [7, 11) is 1.44. The summed E-state index contributed by atoms with van der Waals surface area (Å²) >= 11 is 6.10. The Kier molecular flexibility index (Phi) is 4.59. The molecule has 106 valence electrons. The monoisotopic (exact) mass is 407 g/mol. The van der Waals surface area contributed by atoms with E-state index in [4.69, 9.17) is 4.42 Å². The van der Waals surface area contributed by atoms with Crippen LogP contribution in [0.25, 0.3) is 0 Å². The van der Waals surface area contributed by atoms with Crippen LogP contribution in [0.15, 0.2) is 37.8 Å². The van der Waals surface area contributed by atoms with Gasteiger partial charge in [-0.25, -0.2) is 8.78 Å². The van der Waals surface area contributed by atoms with E-state index in [2.05, 4.69) is 31.9 Å². The summed E-state index contributed by atoms with van der Waals surface area (Å²) in [4.78, 5) is 13.3. The minimum atomic E-state index is -0.908. The number of rotatable bonds is 3. The molecule has 7 heteroatoms. The molecule has 0 atom stereocenters. The summed E-state index contributed by atoms with van der Waals surface area (Å²) in [5.74, 6) is -2.06. The van der Waals surface area contributed by atoms with Crippen LogP contribution in [0.2, 0.25) is 0 Å². The number of amides is 1. The maximum absolute atomic E-state index is 13.7. The minimum Gasteiger partial charge on any atom is -0.452 e. The number of furan rings is 1. The number of benzene rings is 1. The SMILES string of the molecule is CN(Cc1ccc(Br)o1)C(=O)c1c(F)cc(Br)cc1F. The van der Waals surface area contributed by atoms with E-state index in [9.17, 15) is 13.6 Å². The summed E-state index contributed by atoms with van der Waals surface area (Å²) in [6, 6.07) is 5.44. The maximum Gasteiger partial charge on any atom is 0.259 e. The van der Waals surface area contributed by atoms with E-state index in [0.29, 0.717) is 10.4 Å². The third kappa shape index (κ3) is 3.27. The van der Waals surface area contributed by atoms with Crippen molar-refractivity contribution in [2.24, 2.45) is 0 Å². The largest absolute Gasteiger partial charge is 0.452 e. The highest BCUT2D eigenvalue weighted by Gasteiger charge is 2.22. The fourth-order valence-electron chi connectivity index (χ4n) is 1.68. The van der Waals surface area contributed by atoms with Crippen LogP contribution in [0.1, 0.15) is 16.1 Å². The summed E-state index contributed by atoms with van der Waals surface area (Å²) in [5, 5.41) is 0. The number of nitrogens with zero attached hydrogens (tertiary/aromatic N) is 1. The lowest BCUT2D eigenvalue weighted by molar-refractivity contribution is 0.0765. The van der Waals surface area contributed by atoms with E-state index < -0.39 is 23.1 Å². The normalized spacial score (nSPS) is 10.7. The second-order valence-electron chi connectivity index (χ2n) is 4.11. The fourth-order valence-corrected chi connectivity index (χ4v) is 2.42. The van der Waals surface area contributed by atoms with Crippen LogP contribution < -0.4 is 0 Å². The van der Waals surface area contributed by atoms with Crippen LogP contribution in [0.5, 0.6) is 0 Å². The Morgan fingerprint density at radius 1 is 1.25 bits per heavy atom. The van der Waals surface area contributed by atoms with Crippen molar-refractivity contribution in [3.05, 3.63) is 56.4 Å². The fraction of sp³-hybridized carbons (Fsp3) is 0.154. The zero-order chi connectivity index (χ0) is 14.9. The molecular weight excluding hydrogens is 400 g/mol. The van der Waals surface area contributed by atoms with Gasteiger partial charge in [-0.1, -0.05) is 15.9 Å². The van der Waals surface area contributed by atoms with Gasteiger partial charge in [-0.05, 0) is 40.2 Å². The molecule has 1 aromatic carbocycles. The molecule has 0 spiro atoms. The first-order valence-corrected chi connectivity index (χ1v) is 7.11. The van der Waals surface area contributed by atoms with E-state index in [1.165, 1.54) is 11.9 Å². The highest BCUT2D eigenvalue weighted by molar-refractivity contribution is 9.10. The van der Waals surface area contributed by atoms with Crippen LogP contribution in [0.4, 0.5) is 8.78 Å². The molecule has 2 aromatic rings. The van der Waals surface area contributed by atoms with Crippen LogP contribution in [-0.4, -0.2) is 17.9 Å². The van der Waals surface area contributed by atoms with Gasteiger partial charge in [-0.2, -0.15) is 0 Å². The van der Waals surface area contributed by atoms with Gasteiger partial charge >= 0.3 is 0 Å². The molecule has 0 saturated carbocycles. The first kappa shape index (κ1) is 15.2. The van der Waals surface area contributed by atoms with Gasteiger partial charge < -0.3 is 9.32 Å². The van der Waals surface area contributed by atoms with Gasteiger partial charge in [-0.15, -0.1) is 0 Å². The van der Waals surface area contributed by atoms with Crippen molar-refractivity contribution in [3.8, 4) is 0 Å². The Morgan fingerprint density at radius 3 is 2.35 bits per heavy atom. The topological polar surface area (TPSA) is 33.5 Å². The van der Waals surface area contributed by atoms with Gasteiger partial charge in [0.25, 0.3) is 5.91 Å². The molecule has 1 heterocycles. The molecular formula is C13H9Br2F2NO2. The highest BCUT2D eigenvalue weighted by Crippen LogP contribution is 2.22. The second kappa shape index (κ2) is 6.05. The number of hydrogen-bond donors (Lipinski definition) is 0. The summed E-state index contributed by atoms with van der Waals surface area (Å²) < 4.78 is 33.4. The molecule has 0 radical (unpaired) electrons. The lowest BCUT2D eigenvalue weighted by Gasteiger charge is -2.16. The third-order valence-corrected chi connectivity index (χ3v) is 3.47. The molecule has 0 bridgehead atoms. The smallest absolute Gasteiger partial charge is 0.259 e. The van der Waals surface area contributed by atoms with Gasteiger partial charge in [0.1, 0.15) is 23.0 Å². The highest BCUT2D eigenvalue weighted by atomic mass is 79.9. The Hall–Kier alpha value is -1.21. The number of halogens is 4. The van der Waals surface area contributed by atoms with Crippen molar-refractivity contribution in [2.45, 2.75) is 6.54 Å². The molecule has 0 saturated heterocycles. The Morgan fingerprint density at radius 2 is 1.85 bits per heavy atom. The Bertz CT molecular complexity index is 635. The standard InChI is InChI=1S/C13H9Br2F2NO2/c1-18(6-8-2-3-11(15)20-8)13(19)12-9(16)4-7(14)5-10(12)17/h2-5H,6H2,1H3. The molecule has 0 N–H and O–H groups in total. The number of carbonyl (C=O) groups excluding carboxylic acids is 1. The van der Waals surface area contributed by atoms with Crippen LogP contribution in [0.3, 0.4) is 0 Å². The molecule has 0 fully saturated rings. The molecule has 0 aliphatic carbocycles. The zero-order valence-electron chi connectivity index (χ0n) is 10.3. The summed E-state index contributed by atoms with van der Waals surface area (Å²) in [6.07, 6.45) is 0. The minimum absolute atomic E-state index is 0.110. The van der Waals surface area contributed by atoms with Gasteiger partial charge in [-0.3, -0.25) is 4.79 Å². The Balaban J connectivity index is 2.23. The van der Waals surface area contributed by atoms with Gasteiger partial charge in [0.05, 0.1) is 6.54 Å². The van der Waals surface area contributed by atoms with E-state index in [-0.39, 0.29) is 11.0 Å². The first-order chi connectivity index (χ1) is 9.38. The molecule has 0 aliphatic heterocycles. The Labute approximate surface area is 130 Å². The van der Waals surface area contributed by atoms with Gasteiger partial charge in [0.15, 0.2) is 4.67 Å². The van der Waals surface area contributed by atoms with Crippen molar-refractivity contribution in [3.63, 3.8) is 0 Å². The van der Waals surface area contributed by atoms with E-state index in [1.807, 2.05) is 0 Å². The van der Waals surface area contributed by atoms with Crippen molar-refractivity contribution >= 4 is 37.8 Å². The van der Waals surface area contributed by atoms with Crippen molar-refractivity contribution in [1.29, 1.82) is 0 Å². The van der Waals surface area contributed by atoms with Gasteiger partial charge in [0, 0.05) is 11.5 Å². The maximum atomic E-state index is 13.7. The molecule has 3 nitrogen and oxygen atoms in total. The lowest BCUT2D eigenvalue weighted by Crippen LogP contribution is -2.27. The average Bonchev–Trinajstić information content (AvgIpc) is 2.73. The van der Waals surface area contributed by atoms with Crippen molar-refractivity contribution in [2.75, 3.05) is 7.05 Å². The van der Waals surface area contributed by atoms with Crippen LogP contribution in [-0.2, 0) is 6.54 Å². The van der Waals surface area contributed by atoms with E-state index >= 15 is 0 Å². The second-order valence-corrected chi connectivity index (χ2v) is 5.81. The van der Waals surface area contributed by atoms with Crippen molar-refractivity contribution < 1.29 is 18.0 Å². The summed E-state index contributed by atoms with van der Waals surface area (Å²) in [6.45, 7) is 0.110. The predicted molar refractivity (Wildman–Crippen MR) is 76.3 cm³/mol. The third-order valence-electron chi connectivity index (χ3n) is 2.59. The lowest BCUT2D eigenvalue weighted by atomic mass is 10.1. The summed E-state index contributed by atoms with van der Waals surface area (Å²) in [5.41, 5.74) is -0.582. The quantitative estimate of drug-likeness (QED) is 0.756. The molecule has 20 heavy (non-hydrogen) atoms. The first-order valence-electron chi connectivity index (χ1n) is 5.52. The molecule has 0 aliphatic rings. The van der Waals surface area contributed by atoms with E-state index in [0.717, 1.165) is 12.1 Å². The molecule has 0 unspecified atom stereocenters. The predicted octanol–water partition coefficient (Wildman–Crippen LogP) is 4.36. The molecule has 1 aromatic heterocycles. The van der Waals surface area contributed by atoms with Crippen LogP contribution >= 0.6 is 31.9 Å². The number of hydrogen-bond acceptors (Lipinski definition) is 2. The van der Waals surface area contributed by atoms with E-state index in [1.54, 1.807) is 12.1 Å². The average molecular weight is 409 g/mol. The van der Waals surface area contributed by atoms with Crippen LogP contribution in [0, 0.1) is 11.6 Å². The van der Waals surface area contributed by atoms with Crippen molar-refractivity contribution in [1.82, 2.24) is 4.90 Å². The number of carbonyl (C=O) groups is 1. The molecule has 2 rings (SSSR count). The zero-order valence-corrected chi connectivity index (χ0v) is 13.5.